The third kappa shape index (κ3) is 2.88. The van der Waals surface area contributed by atoms with Crippen LogP contribution in [0.15, 0.2) is 11.4 Å². The summed E-state index contributed by atoms with van der Waals surface area (Å²) in [7, 11) is 0. The van der Waals surface area contributed by atoms with Crippen LogP contribution in [0.1, 0.15) is 18.4 Å². The first kappa shape index (κ1) is 13.0. The first-order valence-electron chi connectivity index (χ1n) is 5.87. The summed E-state index contributed by atoms with van der Waals surface area (Å²) < 4.78 is 0. The SMILES string of the molecule is N#Cc1ccsc1NC(=O)CN1CCCC1CO. The third-order valence-electron chi connectivity index (χ3n) is 3.10. The van der Waals surface area contributed by atoms with Crippen LogP contribution in [0.25, 0.3) is 0 Å². The van der Waals surface area contributed by atoms with E-state index in [1.165, 1.54) is 11.3 Å². The van der Waals surface area contributed by atoms with E-state index >= 15 is 0 Å². The fourth-order valence-electron chi connectivity index (χ4n) is 2.15. The highest BCUT2D eigenvalue weighted by Gasteiger charge is 2.25. The van der Waals surface area contributed by atoms with Crippen LogP contribution >= 0.6 is 11.3 Å². The van der Waals surface area contributed by atoms with Gasteiger partial charge in [0.15, 0.2) is 0 Å². The van der Waals surface area contributed by atoms with Gasteiger partial charge >= 0.3 is 0 Å². The lowest BCUT2D eigenvalue weighted by atomic mass is 10.2. The average Bonchev–Trinajstić information content (AvgIpc) is 2.97. The molecule has 1 saturated heterocycles. The van der Waals surface area contributed by atoms with Crippen molar-refractivity contribution >= 4 is 22.2 Å². The molecule has 1 aliphatic rings. The summed E-state index contributed by atoms with van der Waals surface area (Å²) in [5.74, 6) is -0.130. The van der Waals surface area contributed by atoms with E-state index in [1.54, 1.807) is 11.4 Å². The number of aliphatic hydroxyl groups is 1. The van der Waals surface area contributed by atoms with E-state index in [0.717, 1.165) is 19.4 Å². The molecule has 2 heterocycles. The van der Waals surface area contributed by atoms with Gasteiger partial charge in [0.25, 0.3) is 0 Å². The first-order chi connectivity index (χ1) is 8.74. The van der Waals surface area contributed by atoms with Crippen LogP contribution in [-0.2, 0) is 4.79 Å². The van der Waals surface area contributed by atoms with Gasteiger partial charge in [0.2, 0.25) is 5.91 Å². The van der Waals surface area contributed by atoms with Crippen molar-refractivity contribution in [3.63, 3.8) is 0 Å². The predicted molar refractivity (Wildman–Crippen MR) is 69.3 cm³/mol. The van der Waals surface area contributed by atoms with Gasteiger partial charge < -0.3 is 10.4 Å². The molecule has 0 aromatic carbocycles. The number of nitrogens with one attached hydrogen (secondary N) is 1. The molecule has 0 spiro atoms. The van der Waals surface area contributed by atoms with Crippen molar-refractivity contribution in [2.45, 2.75) is 18.9 Å². The van der Waals surface area contributed by atoms with Crippen LogP contribution in [0.4, 0.5) is 5.00 Å². The minimum atomic E-state index is -0.130. The number of nitriles is 1. The highest BCUT2D eigenvalue weighted by atomic mass is 32.1. The Morgan fingerprint density at radius 3 is 3.28 bits per heavy atom. The molecule has 0 bridgehead atoms. The standard InChI is InChI=1S/C12H15N3O2S/c13-6-9-3-5-18-12(9)14-11(17)7-15-4-1-2-10(15)8-16/h3,5,10,16H,1-2,4,7-8H2,(H,14,17). The molecule has 1 amide bonds. The van der Waals surface area contributed by atoms with Crippen LogP contribution in [0.5, 0.6) is 0 Å². The smallest absolute Gasteiger partial charge is 0.239 e. The highest BCUT2D eigenvalue weighted by Crippen LogP contribution is 2.22. The van der Waals surface area contributed by atoms with Gasteiger partial charge in [-0.2, -0.15) is 5.26 Å². The Morgan fingerprint density at radius 1 is 1.72 bits per heavy atom. The average molecular weight is 265 g/mol. The monoisotopic (exact) mass is 265 g/mol. The number of hydrogen-bond donors (Lipinski definition) is 2. The Hall–Kier alpha value is -1.42. The molecule has 1 aromatic rings. The molecule has 1 aliphatic heterocycles. The van der Waals surface area contributed by atoms with E-state index in [4.69, 9.17) is 5.26 Å². The molecule has 2 N–H and O–H groups in total. The lowest BCUT2D eigenvalue weighted by molar-refractivity contribution is -0.117. The van der Waals surface area contributed by atoms with E-state index < -0.39 is 0 Å². The van der Waals surface area contributed by atoms with Gasteiger partial charge in [-0.05, 0) is 30.8 Å². The van der Waals surface area contributed by atoms with Crippen molar-refractivity contribution in [3.05, 3.63) is 17.0 Å². The van der Waals surface area contributed by atoms with Gasteiger partial charge in [-0.25, -0.2) is 0 Å². The summed E-state index contributed by atoms with van der Waals surface area (Å²) in [6.07, 6.45) is 1.95. The number of anilines is 1. The number of aliphatic hydroxyl groups excluding tert-OH is 1. The zero-order valence-corrected chi connectivity index (χ0v) is 10.7. The number of hydrogen-bond acceptors (Lipinski definition) is 5. The zero-order valence-electron chi connectivity index (χ0n) is 9.93. The maximum absolute atomic E-state index is 11.9. The van der Waals surface area contributed by atoms with E-state index in [0.29, 0.717) is 10.6 Å². The number of amides is 1. The Kier molecular flexibility index (Phi) is 4.31. The molecule has 2 rings (SSSR count). The van der Waals surface area contributed by atoms with E-state index in [1.807, 2.05) is 11.0 Å². The molecule has 96 valence electrons. The van der Waals surface area contributed by atoms with Crippen LogP contribution in [0.3, 0.4) is 0 Å². The summed E-state index contributed by atoms with van der Waals surface area (Å²) in [4.78, 5) is 13.8. The molecule has 0 aliphatic carbocycles. The van der Waals surface area contributed by atoms with Gasteiger partial charge in [0, 0.05) is 6.04 Å². The molecule has 1 atom stereocenters. The van der Waals surface area contributed by atoms with Crippen LogP contribution < -0.4 is 5.32 Å². The number of carbonyl (C=O) groups is 1. The molecule has 1 fully saturated rings. The highest BCUT2D eigenvalue weighted by molar-refractivity contribution is 7.14. The Balaban J connectivity index is 1.91. The lowest BCUT2D eigenvalue weighted by Crippen LogP contribution is -2.38. The topological polar surface area (TPSA) is 76.4 Å². The third-order valence-corrected chi connectivity index (χ3v) is 3.92. The fraction of sp³-hybridized carbons (Fsp3) is 0.500. The minimum absolute atomic E-state index is 0.0922. The normalized spacial score (nSPS) is 19.7. The number of carbonyl (C=O) groups excluding carboxylic acids is 1. The van der Waals surface area contributed by atoms with Crippen LogP contribution in [-0.4, -0.2) is 41.7 Å². The molecular weight excluding hydrogens is 250 g/mol. The van der Waals surface area contributed by atoms with Crippen molar-refractivity contribution in [2.75, 3.05) is 25.0 Å². The van der Waals surface area contributed by atoms with Crippen molar-refractivity contribution in [1.82, 2.24) is 4.90 Å². The van der Waals surface area contributed by atoms with Gasteiger partial charge in [-0.1, -0.05) is 0 Å². The maximum Gasteiger partial charge on any atom is 0.239 e. The second-order valence-corrected chi connectivity index (χ2v) is 5.19. The second-order valence-electron chi connectivity index (χ2n) is 4.27. The van der Waals surface area contributed by atoms with Crippen molar-refractivity contribution in [2.24, 2.45) is 0 Å². The molecule has 5 nitrogen and oxygen atoms in total. The lowest BCUT2D eigenvalue weighted by Gasteiger charge is -2.21. The first-order valence-corrected chi connectivity index (χ1v) is 6.75. The summed E-state index contributed by atoms with van der Waals surface area (Å²) in [5.41, 5.74) is 0.494. The van der Waals surface area contributed by atoms with E-state index in [2.05, 4.69) is 5.32 Å². The Labute approximate surface area is 110 Å². The molecule has 18 heavy (non-hydrogen) atoms. The maximum atomic E-state index is 11.9. The van der Waals surface area contributed by atoms with E-state index in [-0.39, 0.29) is 25.1 Å². The minimum Gasteiger partial charge on any atom is -0.395 e. The summed E-state index contributed by atoms with van der Waals surface area (Å²) in [6.45, 7) is 1.21. The Bertz CT molecular complexity index is 466. The molecule has 1 unspecified atom stereocenters. The summed E-state index contributed by atoms with van der Waals surface area (Å²) >= 11 is 1.34. The van der Waals surface area contributed by atoms with Gasteiger partial charge in [0.1, 0.15) is 11.1 Å². The van der Waals surface area contributed by atoms with Crippen LogP contribution in [0, 0.1) is 11.3 Å². The van der Waals surface area contributed by atoms with E-state index in [9.17, 15) is 9.90 Å². The molecule has 1 aromatic heterocycles. The Morgan fingerprint density at radius 2 is 2.56 bits per heavy atom. The van der Waals surface area contributed by atoms with Crippen molar-refractivity contribution in [1.29, 1.82) is 5.26 Å². The van der Waals surface area contributed by atoms with Crippen molar-refractivity contribution < 1.29 is 9.90 Å². The van der Waals surface area contributed by atoms with Gasteiger partial charge in [0.05, 0.1) is 18.7 Å². The fourth-order valence-corrected chi connectivity index (χ4v) is 2.91. The summed E-state index contributed by atoms with van der Waals surface area (Å²) in [5, 5.41) is 23.1. The quantitative estimate of drug-likeness (QED) is 0.852. The van der Waals surface area contributed by atoms with Gasteiger partial charge in [-0.15, -0.1) is 11.3 Å². The number of thiophene rings is 1. The molecule has 0 radical (unpaired) electrons. The predicted octanol–water partition coefficient (Wildman–Crippen LogP) is 1.01. The molecular formula is C12H15N3O2S. The largest absolute Gasteiger partial charge is 0.395 e. The summed E-state index contributed by atoms with van der Waals surface area (Å²) in [6, 6.07) is 3.82. The number of nitrogens with zero attached hydrogens (tertiary/aromatic N) is 2. The molecule has 6 heteroatoms. The number of likely N-dealkylation sites (tertiary alicyclic amines) is 1. The number of rotatable bonds is 4. The molecule has 0 saturated carbocycles. The van der Waals surface area contributed by atoms with Crippen molar-refractivity contribution in [3.8, 4) is 6.07 Å². The zero-order chi connectivity index (χ0) is 13.0. The van der Waals surface area contributed by atoms with Gasteiger partial charge in [-0.3, -0.25) is 9.69 Å². The second kappa shape index (κ2) is 5.96. The van der Waals surface area contributed by atoms with Crippen LogP contribution in [0.2, 0.25) is 0 Å².